The summed E-state index contributed by atoms with van der Waals surface area (Å²) >= 11 is 0. The molecule has 0 aliphatic heterocycles. The Morgan fingerprint density at radius 3 is 2.86 bits per heavy atom. The van der Waals surface area contributed by atoms with Crippen LogP contribution in [0.15, 0.2) is 53.7 Å². The summed E-state index contributed by atoms with van der Waals surface area (Å²) in [6, 6.07) is 14.2. The van der Waals surface area contributed by atoms with Gasteiger partial charge in [-0.15, -0.1) is 24.0 Å². The largest absolute Gasteiger partial charge is 0.370 e. The Bertz CT molecular complexity index is 613. The maximum absolute atomic E-state index is 5.90. The van der Waals surface area contributed by atoms with Gasteiger partial charge in [-0.1, -0.05) is 30.3 Å². The molecule has 3 rings (SSSR count). The molecule has 1 aromatic carbocycles. The molecule has 0 saturated heterocycles. The van der Waals surface area contributed by atoms with Crippen LogP contribution in [0, 0.1) is 0 Å². The summed E-state index contributed by atoms with van der Waals surface area (Å²) in [6.07, 6.45) is 4.02. The average Bonchev–Trinajstić information content (AvgIpc) is 2.89. The highest BCUT2D eigenvalue weighted by Gasteiger charge is 2.21. The summed E-state index contributed by atoms with van der Waals surface area (Å²) in [5, 5.41) is 3.01. The summed E-state index contributed by atoms with van der Waals surface area (Å²) in [5.41, 5.74) is 8.77. The van der Waals surface area contributed by atoms with Crippen LogP contribution in [0.25, 0.3) is 0 Å². The molecule has 1 unspecified atom stereocenters. The van der Waals surface area contributed by atoms with Crippen LogP contribution >= 0.6 is 24.0 Å². The lowest BCUT2D eigenvalue weighted by molar-refractivity contribution is 0.689. The van der Waals surface area contributed by atoms with Gasteiger partial charge in [-0.05, 0) is 36.1 Å². The van der Waals surface area contributed by atoms with Crippen molar-refractivity contribution in [3.8, 4) is 0 Å². The first-order valence-corrected chi connectivity index (χ1v) is 6.89. The molecule has 0 bridgehead atoms. The van der Waals surface area contributed by atoms with Crippen LogP contribution in [0.4, 0.5) is 5.82 Å². The first-order chi connectivity index (χ1) is 9.83. The van der Waals surface area contributed by atoms with E-state index in [0.29, 0.717) is 11.9 Å². The number of anilines is 1. The van der Waals surface area contributed by atoms with Crippen LogP contribution in [0.3, 0.4) is 0 Å². The van der Waals surface area contributed by atoms with E-state index in [0.717, 1.165) is 25.2 Å². The predicted octanol–water partition coefficient (Wildman–Crippen LogP) is 3.16. The van der Waals surface area contributed by atoms with Crippen molar-refractivity contribution in [1.82, 2.24) is 4.98 Å². The maximum Gasteiger partial charge on any atom is 0.194 e. The molecule has 110 valence electrons. The normalized spacial score (nSPS) is 17.0. The van der Waals surface area contributed by atoms with Gasteiger partial charge in [0.15, 0.2) is 5.96 Å². The molecular formula is C16H19IN4. The van der Waals surface area contributed by atoms with Gasteiger partial charge < -0.3 is 11.1 Å². The van der Waals surface area contributed by atoms with Crippen molar-refractivity contribution in [2.45, 2.75) is 18.8 Å². The van der Waals surface area contributed by atoms with Gasteiger partial charge in [0.2, 0.25) is 0 Å². The van der Waals surface area contributed by atoms with E-state index < -0.39 is 0 Å². The van der Waals surface area contributed by atoms with Crippen LogP contribution < -0.4 is 11.1 Å². The molecular weight excluding hydrogens is 375 g/mol. The molecule has 4 nitrogen and oxygen atoms in total. The van der Waals surface area contributed by atoms with Gasteiger partial charge in [-0.25, -0.2) is 4.98 Å². The van der Waals surface area contributed by atoms with E-state index in [1.165, 1.54) is 11.1 Å². The van der Waals surface area contributed by atoms with Crippen molar-refractivity contribution in [2.24, 2.45) is 10.7 Å². The number of aryl methyl sites for hydroxylation is 1. The Morgan fingerprint density at radius 1 is 1.24 bits per heavy atom. The number of nitrogens with one attached hydrogen (secondary N) is 1. The lowest BCUT2D eigenvalue weighted by atomic mass is 10.0. The predicted molar refractivity (Wildman–Crippen MR) is 97.3 cm³/mol. The molecule has 0 fully saturated rings. The minimum Gasteiger partial charge on any atom is -0.370 e. The minimum absolute atomic E-state index is 0. The van der Waals surface area contributed by atoms with Crippen molar-refractivity contribution in [3.63, 3.8) is 0 Å². The molecule has 0 spiro atoms. The van der Waals surface area contributed by atoms with Crippen LogP contribution in [-0.4, -0.2) is 17.5 Å². The van der Waals surface area contributed by atoms with Crippen LogP contribution in [0.2, 0.25) is 0 Å². The summed E-state index contributed by atoms with van der Waals surface area (Å²) < 4.78 is 0. The fraction of sp³-hybridized carbons (Fsp3) is 0.250. The second-order valence-electron chi connectivity index (χ2n) is 5.00. The number of nitrogens with zero attached hydrogens (tertiary/aromatic N) is 2. The van der Waals surface area contributed by atoms with Crippen LogP contribution in [0.1, 0.15) is 23.5 Å². The number of halogens is 1. The molecule has 21 heavy (non-hydrogen) atoms. The number of guanidine groups is 1. The molecule has 0 radical (unpaired) electrons. The van der Waals surface area contributed by atoms with Gasteiger partial charge in [0, 0.05) is 18.7 Å². The van der Waals surface area contributed by atoms with Crippen molar-refractivity contribution < 1.29 is 0 Å². The Labute approximate surface area is 141 Å². The van der Waals surface area contributed by atoms with Crippen molar-refractivity contribution in [3.05, 3.63) is 59.8 Å². The third kappa shape index (κ3) is 3.93. The zero-order valence-electron chi connectivity index (χ0n) is 11.7. The number of hydrogen-bond donors (Lipinski definition) is 2. The van der Waals surface area contributed by atoms with E-state index in [9.17, 15) is 0 Å². The lowest BCUT2D eigenvalue weighted by Crippen LogP contribution is -2.24. The van der Waals surface area contributed by atoms with Gasteiger partial charge in [-0.3, -0.25) is 4.99 Å². The van der Waals surface area contributed by atoms with Gasteiger partial charge in [-0.2, -0.15) is 0 Å². The fourth-order valence-corrected chi connectivity index (χ4v) is 2.65. The van der Waals surface area contributed by atoms with Gasteiger partial charge in [0.05, 0.1) is 0 Å². The quantitative estimate of drug-likeness (QED) is 0.478. The number of aliphatic imine (C=N–C) groups is 1. The number of benzene rings is 1. The van der Waals surface area contributed by atoms with E-state index in [4.69, 9.17) is 5.73 Å². The fourth-order valence-electron chi connectivity index (χ4n) is 2.65. The number of fused-ring (bicyclic) bond motifs is 1. The molecule has 2 aromatic rings. The van der Waals surface area contributed by atoms with Gasteiger partial charge in [0.25, 0.3) is 0 Å². The smallest absolute Gasteiger partial charge is 0.194 e. The highest BCUT2D eigenvalue weighted by atomic mass is 127. The molecule has 1 aliphatic rings. The second-order valence-corrected chi connectivity index (χ2v) is 5.00. The van der Waals surface area contributed by atoms with Crippen molar-refractivity contribution >= 4 is 35.8 Å². The Balaban J connectivity index is 0.00000161. The minimum atomic E-state index is 0. The van der Waals surface area contributed by atoms with E-state index in [2.05, 4.69) is 39.6 Å². The van der Waals surface area contributed by atoms with Gasteiger partial charge in [0.1, 0.15) is 5.82 Å². The first-order valence-electron chi connectivity index (χ1n) is 6.89. The molecule has 0 amide bonds. The number of hydrogen-bond acceptors (Lipinski definition) is 2. The van der Waals surface area contributed by atoms with E-state index in [-0.39, 0.29) is 24.0 Å². The van der Waals surface area contributed by atoms with Crippen molar-refractivity contribution in [1.29, 1.82) is 0 Å². The highest BCUT2D eigenvalue weighted by molar-refractivity contribution is 14.0. The standard InChI is InChI=1S/C16H18N4.HI/c17-16(20-15-7-3-4-10-18-15)19-11-13-9-8-12-5-1-2-6-14(12)13;/h1-7,10,13H,8-9,11H2,(H3,17,18,19,20);1H. The lowest BCUT2D eigenvalue weighted by Gasteiger charge is -2.09. The van der Waals surface area contributed by atoms with E-state index in [1.54, 1.807) is 6.20 Å². The molecule has 0 saturated carbocycles. The molecule has 1 heterocycles. The monoisotopic (exact) mass is 394 g/mol. The topological polar surface area (TPSA) is 63.3 Å². The number of aromatic nitrogens is 1. The Hall–Kier alpha value is -1.63. The third-order valence-corrected chi connectivity index (χ3v) is 3.66. The molecule has 1 aromatic heterocycles. The summed E-state index contributed by atoms with van der Waals surface area (Å²) in [5.74, 6) is 1.63. The maximum atomic E-state index is 5.90. The van der Waals surface area contributed by atoms with E-state index in [1.807, 2.05) is 18.2 Å². The van der Waals surface area contributed by atoms with Crippen LogP contribution in [-0.2, 0) is 6.42 Å². The molecule has 5 heteroatoms. The zero-order chi connectivity index (χ0) is 13.8. The number of pyridine rings is 1. The summed E-state index contributed by atoms with van der Waals surface area (Å²) in [4.78, 5) is 8.61. The molecule has 1 atom stereocenters. The summed E-state index contributed by atoms with van der Waals surface area (Å²) in [6.45, 7) is 0.725. The molecule has 3 N–H and O–H groups in total. The van der Waals surface area contributed by atoms with Crippen molar-refractivity contribution in [2.75, 3.05) is 11.9 Å². The Kier molecular flexibility index (Phi) is 5.55. The number of rotatable bonds is 3. The zero-order valence-corrected chi connectivity index (χ0v) is 14.0. The van der Waals surface area contributed by atoms with E-state index >= 15 is 0 Å². The third-order valence-electron chi connectivity index (χ3n) is 3.66. The summed E-state index contributed by atoms with van der Waals surface area (Å²) in [7, 11) is 0. The molecule has 1 aliphatic carbocycles. The average molecular weight is 394 g/mol. The second kappa shape index (κ2) is 7.40. The SMILES string of the molecule is I.NC(=NCC1CCc2ccccc21)Nc1ccccn1. The Morgan fingerprint density at radius 2 is 2.05 bits per heavy atom. The van der Waals surface area contributed by atoms with Crippen LogP contribution in [0.5, 0.6) is 0 Å². The van der Waals surface area contributed by atoms with Gasteiger partial charge >= 0.3 is 0 Å². The highest BCUT2D eigenvalue weighted by Crippen LogP contribution is 2.32. The first kappa shape index (κ1) is 15.8. The number of nitrogens with two attached hydrogens (primary N) is 1.